The molecule has 0 N–H and O–H groups in total. The second-order valence-electron chi connectivity index (χ2n) is 5.58. The fourth-order valence-corrected chi connectivity index (χ4v) is 3.08. The molecule has 0 spiro atoms. The molecule has 3 atom stereocenters. The van der Waals surface area contributed by atoms with Gasteiger partial charge >= 0.3 is 5.97 Å². The summed E-state index contributed by atoms with van der Waals surface area (Å²) in [6.45, 7) is 2.45. The van der Waals surface area contributed by atoms with Gasteiger partial charge in [0.2, 0.25) is 5.91 Å². The van der Waals surface area contributed by atoms with Crippen LogP contribution in [0.5, 0.6) is 0 Å². The van der Waals surface area contributed by atoms with Gasteiger partial charge in [0.1, 0.15) is 12.2 Å². The third-order valence-corrected chi connectivity index (χ3v) is 4.05. The highest BCUT2D eigenvalue weighted by atomic mass is 16.5. The summed E-state index contributed by atoms with van der Waals surface area (Å²) in [6, 6.07) is 9.63. The van der Waals surface area contributed by atoms with Crippen LogP contribution in [0, 0.1) is 0 Å². The number of fused-ring (bicyclic) bond motifs is 1. The molecular weight excluding hydrogens is 282 g/mol. The van der Waals surface area contributed by atoms with Gasteiger partial charge in [-0.05, 0) is 11.6 Å². The van der Waals surface area contributed by atoms with Crippen LogP contribution in [0.3, 0.4) is 0 Å². The standard InChI is InChI=1S/C17H19NO4/c1-12(19)22-15-9-10-18-16(20)8-7-14(17(15)18)21-11-13-5-3-2-4-6-13/h2-8,14-15,17H,9-11H2,1H3/t14-,15+,17-/m1/s1. The summed E-state index contributed by atoms with van der Waals surface area (Å²) in [5.74, 6) is -0.366. The first-order chi connectivity index (χ1) is 10.6. The van der Waals surface area contributed by atoms with Crippen LogP contribution in [0.15, 0.2) is 42.5 Å². The zero-order chi connectivity index (χ0) is 15.5. The Morgan fingerprint density at radius 1 is 1.32 bits per heavy atom. The summed E-state index contributed by atoms with van der Waals surface area (Å²) in [5, 5.41) is 0. The van der Waals surface area contributed by atoms with E-state index in [-0.39, 0.29) is 30.1 Å². The van der Waals surface area contributed by atoms with Crippen molar-refractivity contribution in [2.24, 2.45) is 0 Å². The highest BCUT2D eigenvalue weighted by Gasteiger charge is 2.45. The smallest absolute Gasteiger partial charge is 0.302 e. The zero-order valence-corrected chi connectivity index (χ0v) is 12.5. The van der Waals surface area contributed by atoms with Crippen molar-refractivity contribution in [1.29, 1.82) is 0 Å². The van der Waals surface area contributed by atoms with Crippen molar-refractivity contribution in [2.75, 3.05) is 6.54 Å². The number of carbonyl (C=O) groups excluding carboxylic acids is 2. The van der Waals surface area contributed by atoms with Gasteiger partial charge in [-0.1, -0.05) is 30.3 Å². The minimum atomic E-state index is -0.323. The van der Waals surface area contributed by atoms with Crippen LogP contribution in [0.4, 0.5) is 0 Å². The first-order valence-corrected chi connectivity index (χ1v) is 7.46. The SMILES string of the molecule is CC(=O)O[C@H]1CCN2C(=O)C=C[C@@H](OCc3ccccc3)[C@H]12. The predicted molar refractivity (Wildman–Crippen MR) is 79.8 cm³/mol. The number of benzene rings is 1. The average molecular weight is 301 g/mol. The molecule has 116 valence electrons. The van der Waals surface area contributed by atoms with E-state index in [0.29, 0.717) is 19.6 Å². The summed E-state index contributed by atoms with van der Waals surface area (Å²) in [4.78, 5) is 25.0. The number of nitrogens with zero attached hydrogens (tertiary/aromatic N) is 1. The molecule has 0 unspecified atom stereocenters. The largest absolute Gasteiger partial charge is 0.460 e. The third kappa shape index (κ3) is 3.04. The fraction of sp³-hybridized carbons (Fsp3) is 0.412. The summed E-state index contributed by atoms with van der Waals surface area (Å²) in [6.07, 6.45) is 3.41. The highest BCUT2D eigenvalue weighted by molar-refractivity contribution is 5.89. The molecule has 0 radical (unpaired) electrons. The van der Waals surface area contributed by atoms with Crippen LogP contribution < -0.4 is 0 Å². The van der Waals surface area contributed by atoms with Crippen LogP contribution in [0.25, 0.3) is 0 Å². The second kappa shape index (κ2) is 6.32. The highest BCUT2D eigenvalue weighted by Crippen LogP contribution is 2.29. The zero-order valence-electron chi connectivity index (χ0n) is 12.5. The number of carbonyl (C=O) groups is 2. The molecule has 1 saturated heterocycles. The van der Waals surface area contributed by atoms with Gasteiger partial charge in [-0.2, -0.15) is 0 Å². The second-order valence-corrected chi connectivity index (χ2v) is 5.58. The Morgan fingerprint density at radius 3 is 2.82 bits per heavy atom. The molecule has 0 aliphatic carbocycles. The van der Waals surface area contributed by atoms with E-state index >= 15 is 0 Å². The summed E-state index contributed by atoms with van der Waals surface area (Å²) >= 11 is 0. The van der Waals surface area contributed by atoms with Crippen LogP contribution in [0.2, 0.25) is 0 Å². The van der Waals surface area contributed by atoms with E-state index in [1.807, 2.05) is 30.3 Å². The minimum absolute atomic E-state index is 0.0424. The molecule has 1 aromatic rings. The molecule has 1 amide bonds. The van der Waals surface area contributed by atoms with Crippen molar-refractivity contribution in [1.82, 2.24) is 4.90 Å². The van der Waals surface area contributed by atoms with E-state index < -0.39 is 0 Å². The van der Waals surface area contributed by atoms with Crippen LogP contribution in [-0.2, 0) is 25.7 Å². The Labute approximate surface area is 129 Å². The molecule has 22 heavy (non-hydrogen) atoms. The van der Waals surface area contributed by atoms with E-state index in [1.54, 1.807) is 17.1 Å². The molecule has 2 heterocycles. The van der Waals surface area contributed by atoms with Crippen molar-refractivity contribution >= 4 is 11.9 Å². The fourth-order valence-electron chi connectivity index (χ4n) is 3.08. The first kappa shape index (κ1) is 14.8. The van der Waals surface area contributed by atoms with Crippen LogP contribution >= 0.6 is 0 Å². The molecule has 1 aromatic carbocycles. The lowest BCUT2D eigenvalue weighted by Crippen LogP contribution is -2.50. The molecular formula is C17H19NO4. The first-order valence-electron chi connectivity index (χ1n) is 7.46. The molecule has 5 nitrogen and oxygen atoms in total. The lowest BCUT2D eigenvalue weighted by atomic mass is 10.0. The Hall–Kier alpha value is -2.14. The Morgan fingerprint density at radius 2 is 2.09 bits per heavy atom. The maximum atomic E-state index is 12.0. The van der Waals surface area contributed by atoms with E-state index in [1.165, 1.54) is 6.92 Å². The van der Waals surface area contributed by atoms with Crippen LogP contribution in [0.1, 0.15) is 18.9 Å². The minimum Gasteiger partial charge on any atom is -0.460 e. The maximum absolute atomic E-state index is 12.0. The van der Waals surface area contributed by atoms with E-state index in [0.717, 1.165) is 5.56 Å². The Balaban J connectivity index is 1.72. The monoisotopic (exact) mass is 301 g/mol. The van der Waals surface area contributed by atoms with Crippen LogP contribution in [-0.4, -0.2) is 41.6 Å². The van der Waals surface area contributed by atoms with Crippen molar-refractivity contribution < 1.29 is 19.1 Å². The number of rotatable bonds is 4. The van der Waals surface area contributed by atoms with Gasteiger partial charge in [0.15, 0.2) is 0 Å². The predicted octanol–water partition coefficient (Wildman–Crippen LogP) is 1.67. The van der Waals surface area contributed by atoms with E-state index in [9.17, 15) is 9.59 Å². The number of esters is 1. The van der Waals surface area contributed by atoms with Gasteiger partial charge < -0.3 is 14.4 Å². The van der Waals surface area contributed by atoms with Crippen molar-refractivity contribution in [2.45, 2.75) is 38.2 Å². The number of hydrogen-bond donors (Lipinski definition) is 0. The molecule has 0 bridgehead atoms. The summed E-state index contributed by atoms with van der Waals surface area (Å²) < 4.78 is 11.3. The van der Waals surface area contributed by atoms with Gasteiger partial charge in [-0.3, -0.25) is 9.59 Å². The topological polar surface area (TPSA) is 55.8 Å². The normalized spacial score (nSPS) is 26.9. The van der Waals surface area contributed by atoms with Gasteiger partial charge in [0, 0.05) is 26.0 Å². The van der Waals surface area contributed by atoms with Crippen molar-refractivity contribution in [3.8, 4) is 0 Å². The number of hydrogen-bond acceptors (Lipinski definition) is 4. The lowest BCUT2D eigenvalue weighted by molar-refractivity contribution is -0.152. The molecule has 1 fully saturated rings. The lowest BCUT2D eigenvalue weighted by Gasteiger charge is -2.35. The van der Waals surface area contributed by atoms with Crippen molar-refractivity contribution in [3.05, 3.63) is 48.0 Å². The van der Waals surface area contributed by atoms with Gasteiger partial charge in [-0.25, -0.2) is 0 Å². The number of amides is 1. The molecule has 0 saturated carbocycles. The maximum Gasteiger partial charge on any atom is 0.302 e. The van der Waals surface area contributed by atoms with Crippen molar-refractivity contribution in [3.63, 3.8) is 0 Å². The summed E-state index contributed by atoms with van der Waals surface area (Å²) in [5.41, 5.74) is 1.07. The molecule has 2 aliphatic heterocycles. The third-order valence-electron chi connectivity index (χ3n) is 4.05. The van der Waals surface area contributed by atoms with Gasteiger partial charge in [-0.15, -0.1) is 0 Å². The van der Waals surface area contributed by atoms with Gasteiger partial charge in [0.05, 0.1) is 12.6 Å². The molecule has 5 heteroatoms. The van der Waals surface area contributed by atoms with Gasteiger partial charge in [0.25, 0.3) is 0 Å². The Kier molecular flexibility index (Phi) is 4.24. The Bertz CT molecular complexity index is 584. The van der Waals surface area contributed by atoms with E-state index in [4.69, 9.17) is 9.47 Å². The quantitative estimate of drug-likeness (QED) is 0.794. The average Bonchev–Trinajstić information content (AvgIpc) is 2.92. The molecule has 3 rings (SSSR count). The van der Waals surface area contributed by atoms with E-state index in [2.05, 4.69) is 0 Å². The molecule has 0 aromatic heterocycles. The molecule has 2 aliphatic rings. The number of ether oxygens (including phenoxy) is 2. The summed E-state index contributed by atoms with van der Waals surface area (Å²) in [7, 11) is 0.